The molecule has 1 fully saturated rings. The number of hydrogen-bond donors (Lipinski definition) is 3. The lowest BCUT2D eigenvalue weighted by molar-refractivity contribution is -0.115. The number of halogens is 1. The van der Waals surface area contributed by atoms with Gasteiger partial charge in [-0.15, -0.1) is 10.2 Å². The van der Waals surface area contributed by atoms with Crippen LogP contribution in [0.2, 0.25) is 0 Å². The van der Waals surface area contributed by atoms with Crippen LogP contribution in [0.1, 0.15) is 22.3 Å². The second kappa shape index (κ2) is 9.55. The molecule has 3 N–H and O–H groups in total. The van der Waals surface area contributed by atoms with E-state index in [9.17, 15) is 24.2 Å². The third-order valence-corrected chi connectivity index (χ3v) is 6.93. The number of imide groups is 1. The maximum absolute atomic E-state index is 13.5. The van der Waals surface area contributed by atoms with Gasteiger partial charge in [-0.1, -0.05) is 30.3 Å². The summed E-state index contributed by atoms with van der Waals surface area (Å²) in [4.78, 5) is 23.4. The molecule has 4 aromatic rings. The number of amides is 2. The lowest BCUT2D eigenvalue weighted by atomic mass is 10.1. The van der Waals surface area contributed by atoms with E-state index in [1.54, 1.807) is 34.9 Å². The predicted molar refractivity (Wildman–Crippen MR) is 141 cm³/mol. The molecule has 1 aromatic heterocycles. The highest BCUT2D eigenvalue weighted by atomic mass is 32.2. The summed E-state index contributed by atoms with van der Waals surface area (Å²) in [6.45, 7) is 3.29. The van der Waals surface area contributed by atoms with Gasteiger partial charge in [-0.05, 0) is 72.6 Å². The summed E-state index contributed by atoms with van der Waals surface area (Å²) in [5.41, 5.74) is 4.32. The standard InChI is InChI=1S/C27H21FN4O4S/c1-14-6-8-18(10-15(14)2)32-21-11-16(13-28)7-9-19(21)23(26(32)35)31-30-20-5-3-4-17(24(20)33)12-22-25(34)29-27(36)37-22/h3-12,33,35H,13H2,1-2H3,(H,29,34,36)/b22-12-,31-30?. The molecular weight excluding hydrogens is 495 g/mol. The Kier molecular flexibility index (Phi) is 6.26. The predicted octanol–water partition coefficient (Wildman–Crippen LogP) is 6.87. The van der Waals surface area contributed by atoms with E-state index in [0.717, 1.165) is 22.9 Å². The number of nitrogens with one attached hydrogen (secondary N) is 1. The zero-order valence-electron chi connectivity index (χ0n) is 19.8. The number of fused-ring (bicyclic) bond motifs is 1. The number of carbonyl (C=O) groups excluding carboxylic acids is 2. The average Bonchev–Trinajstić information content (AvgIpc) is 3.34. The number of alkyl halides is 1. The SMILES string of the molecule is Cc1ccc(-n2c(O)c(N=Nc3cccc(/C=C4\SC(=O)NC4=O)c3O)c3ccc(CF)cc32)cc1C. The van der Waals surface area contributed by atoms with Crippen molar-refractivity contribution in [3.05, 3.63) is 81.8 Å². The summed E-state index contributed by atoms with van der Waals surface area (Å²) < 4.78 is 15.0. The summed E-state index contributed by atoms with van der Waals surface area (Å²) in [6, 6.07) is 15.4. The summed E-state index contributed by atoms with van der Waals surface area (Å²) in [5.74, 6) is -0.977. The van der Waals surface area contributed by atoms with Gasteiger partial charge in [0.1, 0.15) is 18.1 Å². The lowest BCUT2D eigenvalue weighted by Crippen LogP contribution is -2.17. The molecule has 0 unspecified atom stereocenters. The molecule has 2 heterocycles. The lowest BCUT2D eigenvalue weighted by Gasteiger charge is -2.10. The van der Waals surface area contributed by atoms with Crippen molar-refractivity contribution in [2.24, 2.45) is 10.2 Å². The molecule has 0 bridgehead atoms. The van der Waals surface area contributed by atoms with Crippen LogP contribution in [0.25, 0.3) is 22.7 Å². The number of phenols is 1. The van der Waals surface area contributed by atoms with Gasteiger partial charge in [-0.3, -0.25) is 19.5 Å². The minimum atomic E-state index is -0.663. The number of para-hydroxylation sites is 1. The Hall–Kier alpha value is -4.44. The van der Waals surface area contributed by atoms with Crippen LogP contribution >= 0.6 is 11.8 Å². The van der Waals surface area contributed by atoms with Gasteiger partial charge in [0.05, 0.1) is 10.4 Å². The van der Waals surface area contributed by atoms with Crippen molar-refractivity contribution in [1.29, 1.82) is 0 Å². The molecule has 0 aliphatic carbocycles. The molecule has 0 spiro atoms. The maximum atomic E-state index is 13.5. The van der Waals surface area contributed by atoms with Crippen molar-refractivity contribution in [2.45, 2.75) is 20.5 Å². The maximum Gasteiger partial charge on any atom is 0.290 e. The van der Waals surface area contributed by atoms with Crippen molar-refractivity contribution in [1.82, 2.24) is 9.88 Å². The molecule has 3 aromatic carbocycles. The van der Waals surface area contributed by atoms with Crippen LogP contribution in [0.15, 0.2) is 69.7 Å². The molecule has 0 radical (unpaired) electrons. The van der Waals surface area contributed by atoms with Crippen LogP contribution in [0, 0.1) is 13.8 Å². The van der Waals surface area contributed by atoms with Crippen molar-refractivity contribution >= 4 is 51.3 Å². The van der Waals surface area contributed by atoms with Gasteiger partial charge >= 0.3 is 0 Å². The number of thioether (sulfide) groups is 1. The van der Waals surface area contributed by atoms with E-state index in [4.69, 9.17) is 0 Å². The largest absolute Gasteiger partial charge is 0.505 e. The molecular formula is C27H21FN4O4S. The first kappa shape index (κ1) is 24.3. The summed E-state index contributed by atoms with van der Waals surface area (Å²) in [5, 5.41) is 32.6. The highest BCUT2D eigenvalue weighted by Crippen LogP contribution is 2.43. The quantitative estimate of drug-likeness (QED) is 0.198. The van der Waals surface area contributed by atoms with Gasteiger partial charge in [-0.2, -0.15) is 0 Å². The normalized spacial score (nSPS) is 14.8. The fraction of sp³-hybridized carbons (Fsp3) is 0.111. The van der Waals surface area contributed by atoms with Crippen molar-refractivity contribution in [3.63, 3.8) is 0 Å². The summed E-state index contributed by atoms with van der Waals surface area (Å²) in [7, 11) is 0. The van der Waals surface area contributed by atoms with Gasteiger partial charge in [0.15, 0.2) is 5.69 Å². The molecule has 1 aliphatic heterocycles. The van der Waals surface area contributed by atoms with Gasteiger partial charge in [0.25, 0.3) is 11.1 Å². The number of carbonyl (C=O) groups is 2. The summed E-state index contributed by atoms with van der Waals surface area (Å²) >= 11 is 0.736. The topological polar surface area (TPSA) is 116 Å². The number of aromatic nitrogens is 1. The molecule has 37 heavy (non-hydrogen) atoms. The van der Waals surface area contributed by atoms with E-state index in [1.165, 1.54) is 12.1 Å². The zero-order chi connectivity index (χ0) is 26.3. The van der Waals surface area contributed by atoms with Gasteiger partial charge < -0.3 is 10.2 Å². The molecule has 5 rings (SSSR count). The fourth-order valence-corrected chi connectivity index (χ4v) is 4.70. The Labute approximate surface area is 215 Å². The monoisotopic (exact) mass is 516 g/mol. The Morgan fingerprint density at radius 1 is 1.03 bits per heavy atom. The van der Waals surface area contributed by atoms with Crippen molar-refractivity contribution in [3.8, 4) is 17.3 Å². The Balaban J connectivity index is 1.61. The first-order chi connectivity index (χ1) is 17.8. The molecule has 10 heteroatoms. The van der Waals surface area contributed by atoms with Crippen LogP contribution in [0.4, 0.5) is 20.6 Å². The second-order valence-electron chi connectivity index (χ2n) is 8.53. The molecule has 1 saturated heterocycles. The molecule has 8 nitrogen and oxygen atoms in total. The van der Waals surface area contributed by atoms with Crippen LogP contribution in [0.3, 0.4) is 0 Å². The Morgan fingerprint density at radius 3 is 2.54 bits per heavy atom. The summed E-state index contributed by atoms with van der Waals surface area (Å²) in [6.07, 6.45) is 1.39. The molecule has 0 atom stereocenters. The second-order valence-corrected chi connectivity index (χ2v) is 9.54. The fourth-order valence-electron chi connectivity index (χ4n) is 4.02. The number of nitrogens with zero attached hydrogens (tertiary/aromatic N) is 3. The first-order valence-electron chi connectivity index (χ1n) is 11.2. The number of aryl methyl sites for hydroxylation is 2. The number of aromatic hydroxyl groups is 2. The van der Waals surface area contributed by atoms with Gasteiger partial charge in [-0.25, -0.2) is 4.39 Å². The molecule has 1 aliphatic rings. The Bertz CT molecular complexity index is 1660. The third-order valence-electron chi connectivity index (χ3n) is 6.12. The number of benzene rings is 3. The number of rotatable bonds is 5. The Morgan fingerprint density at radius 2 is 1.84 bits per heavy atom. The minimum Gasteiger partial charge on any atom is -0.505 e. The van der Waals surface area contributed by atoms with Crippen LogP contribution < -0.4 is 5.32 Å². The highest BCUT2D eigenvalue weighted by Gasteiger charge is 2.25. The average molecular weight is 517 g/mol. The zero-order valence-corrected chi connectivity index (χ0v) is 20.6. The minimum absolute atomic E-state index is 0.0935. The van der Waals surface area contributed by atoms with E-state index >= 15 is 0 Å². The van der Waals surface area contributed by atoms with Gasteiger partial charge in [0, 0.05) is 16.6 Å². The third kappa shape index (κ3) is 4.47. The van der Waals surface area contributed by atoms with E-state index < -0.39 is 17.8 Å². The number of phenolic OH excluding ortho intramolecular Hbond substituents is 1. The number of hydrogen-bond acceptors (Lipinski definition) is 7. The first-order valence-corrected chi connectivity index (χ1v) is 12.1. The van der Waals surface area contributed by atoms with Crippen LogP contribution in [-0.2, 0) is 11.5 Å². The number of azo groups is 1. The van der Waals surface area contributed by atoms with E-state index in [1.807, 2.05) is 32.0 Å². The molecule has 186 valence electrons. The van der Waals surface area contributed by atoms with Crippen LogP contribution in [0.5, 0.6) is 11.6 Å². The van der Waals surface area contributed by atoms with E-state index in [0.29, 0.717) is 22.2 Å². The molecule has 0 saturated carbocycles. The van der Waals surface area contributed by atoms with E-state index in [2.05, 4.69) is 15.5 Å². The highest BCUT2D eigenvalue weighted by molar-refractivity contribution is 8.18. The molecule has 2 amide bonds. The van der Waals surface area contributed by atoms with Crippen molar-refractivity contribution in [2.75, 3.05) is 0 Å². The van der Waals surface area contributed by atoms with Crippen molar-refractivity contribution < 1.29 is 24.2 Å². The van der Waals surface area contributed by atoms with E-state index in [-0.39, 0.29) is 33.5 Å². The van der Waals surface area contributed by atoms with Crippen LogP contribution in [-0.4, -0.2) is 25.9 Å². The smallest absolute Gasteiger partial charge is 0.290 e. The van der Waals surface area contributed by atoms with Gasteiger partial charge in [0.2, 0.25) is 5.88 Å².